The Hall–Kier alpha value is -3.51. The summed E-state index contributed by atoms with van der Waals surface area (Å²) in [6.45, 7) is 2.28. The number of amides is 1. The maximum atomic E-state index is 12.4. The van der Waals surface area contributed by atoms with E-state index in [2.05, 4.69) is 0 Å². The van der Waals surface area contributed by atoms with Gasteiger partial charge in [0.2, 0.25) is 5.75 Å². The van der Waals surface area contributed by atoms with E-state index in [1.54, 1.807) is 24.3 Å². The largest absolute Gasteiger partial charge is 0.493 e. The summed E-state index contributed by atoms with van der Waals surface area (Å²) in [5, 5.41) is 22.3. The van der Waals surface area contributed by atoms with Crippen molar-refractivity contribution in [2.75, 3.05) is 13.7 Å². The van der Waals surface area contributed by atoms with E-state index in [0.29, 0.717) is 21.3 Å². The maximum Gasteiger partial charge on any atom is 0.318 e. The second kappa shape index (κ2) is 9.10. The molecule has 0 atom stereocenters. The number of carbonyl (C=O) groups excluding carboxylic acids is 1. The first-order valence-corrected chi connectivity index (χ1v) is 10.0. The van der Waals surface area contributed by atoms with E-state index in [9.17, 15) is 25.0 Å². The van der Waals surface area contributed by atoms with E-state index in [1.165, 1.54) is 23.8 Å². The summed E-state index contributed by atoms with van der Waals surface area (Å²) in [6.07, 6.45) is 1.63. The van der Waals surface area contributed by atoms with Crippen LogP contribution in [-0.4, -0.2) is 38.6 Å². The number of benzene rings is 2. The molecule has 1 fully saturated rings. The minimum Gasteiger partial charge on any atom is -0.493 e. The number of thiocarbonyl (C=S) groups is 1. The van der Waals surface area contributed by atoms with Gasteiger partial charge in [-0.2, -0.15) is 0 Å². The predicted molar refractivity (Wildman–Crippen MR) is 118 cm³/mol. The second-order valence-electron chi connectivity index (χ2n) is 6.10. The van der Waals surface area contributed by atoms with Crippen LogP contribution in [0.4, 0.5) is 11.4 Å². The molecular weight excluding hydrogens is 446 g/mol. The van der Waals surface area contributed by atoms with Crippen LogP contribution in [-0.2, 0) is 4.79 Å². The van der Waals surface area contributed by atoms with E-state index < -0.39 is 21.2 Å². The molecule has 0 saturated carbocycles. The van der Waals surface area contributed by atoms with Gasteiger partial charge in [-0.15, -0.1) is 0 Å². The van der Waals surface area contributed by atoms with Crippen LogP contribution in [0.25, 0.3) is 6.08 Å². The molecule has 12 heteroatoms. The number of thioether (sulfide) groups is 1. The van der Waals surface area contributed by atoms with Crippen molar-refractivity contribution in [3.8, 4) is 17.2 Å². The minimum atomic E-state index is -0.769. The number of ether oxygens (including phenoxy) is 2. The number of nitro benzene ring substituents is 2. The van der Waals surface area contributed by atoms with Crippen LogP contribution in [0.15, 0.2) is 41.3 Å². The van der Waals surface area contributed by atoms with E-state index in [4.69, 9.17) is 21.7 Å². The molecular formula is C19H15N3O7S2. The first-order valence-electron chi connectivity index (χ1n) is 8.79. The minimum absolute atomic E-state index is 0.138. The smallest absolute Gasteiger partial charge is 0.318 e. The third kappa shape index (κ3) is 4.64. The third-order valence-electron chi connectivity index (χ3n) is 4.25. The number of nitrogens with zero attached hydrogens (tertiary/aromatic N) is 3. The van der Waals surface area contributed by atoms with Gasteiger partial charge >= 0.3 is 5.69 Å². The lowest BCUT2D eigenvalue weighted by Crippen LogP contribution is -2.27. The van der Waals surface area contributed by atoms with E-state index >= 15 is 0 Å². The molecule has 10 nitrogen and oxygen atoms in total. The van der Waals surface area contributed by atoms with Crippen molar-refractivity contribution in [3.05, 3.63) is 67.1 Å². The molecule has 0 N–H and O–H groups in total. The van der Waals surface area contributed by atoms with Crippen LogP contribution in [0.5, 0.6) is 17.2 Å². The van der Waals surface area contributed by atoms with Crippen LogP contribution in [0, 0.1) is 20.2 Å². The summed E-state index contributed by atoms with van der Waals surface area (Å²) in [6, 6.07) is 7.89. The lowest BCUT2D eigenvalue weighted by molar-refractivity contribution is -0.394. The Balaban J connectivity index is 1.99. The van der Waals surface area contributed by atoms with Crippen molar-refractivity contribution in [2.24, 2.45) is 0 Å². The molecule has 0 radical (unpaired) electrons. The zero-order chi connectivity index (χ0) is 22.7. The number of hydrogen-bond donors (Lipinski definition) is 0. The summed E-state index contributed by atoms with van der Waals surface area (Å²) < 4.78 is 11.4. The number of likely N-dealkylation sites (N-methyl/N-ethyl adjacent to an activating group) is 1. The van der Waals surface area contributed by atoms with Crippen LogP contribution >= 0.6 is 24.0 Å². The van der Waals surface area contributed by atoms with Gasteiger partial charge in [0.1, 0.15) is 4.32 Å². The molecule has 2 aromatic carbocycles. The van der Waals surface area contributed by atoms with Gasteiger partial charge in [0.25, 0.3) is 11.6 Å². The number of carbonyl (C=O) groups is 1. The van der Waals surface area contributed by atoms with Crippen LogP contribution in [0.1, 0.15) is 12.5 Å². The van der Waals surface area contributed by atoms with Gasteiger partial charge in [-0.1, -0.05) is 30.0 Å². The second-order valence-corrected chi connectivity index (χ2v) is 7.78. The molecule has 1 heterocycles. The number of rotatable bonds is 7. The molecule has 3 rings (SSSR count). The predicted octanol–water partition coefficient (Wildman–Crippen LogP) is 4.53. The fraction of sp³-hybridized carbons (Fsp3) is 0.158. The lowest BCUT2D eigenvalue weighted by atomic mass is 10.1. The Kier molecular flexibility index (Phi) is 6.51. The molecule has 0 aliphatic carbocycles. The number of hydrogen-bond acceptors (Lipinski definition) is 9. The van der Waals surface area contributed by atoms with E-state index in [1.807, 2.05) is 6.92 Å². The molecule has 0 aromatic heterocycles. The van der Waals surface area contributed by atoms with Gasteiger partial charge in [-0.25, -0.2) is 0 Å². The quantitative estimate of drug-likeness (QED) is 0.253. The molecule has 0 spiro atoms. The molecule has 1 aliphatic rings. The number of methoxy groups -OCH3 is 1. The van der Waals surface area contributed by atoms with Crippen molar-refractivity contribution in [1.29, 1.82) is 0 Å². The first kappa shape index (κ1) is 22.2. The summed E-state index contributed by atoms with van der Waals surface area (Å²) in [4.78, 5) is 35.1. The zero-order valence-electron chi connectivity index (χ0n) is 16.3. The highest BCUT2D eigenvalue weighted by Crippen LogP contribution is 2.39. The fourth-order valence-corrected chi connectivity index (χ4v) is 4.14. The molecule has 2 aromatic rings. The fourth-order valence-electron chi connectivity index (χ4n) is 2.75. The van der Waals surface area contributed by atoms with Crippen molar-refractivity contribution in [3.63, 3.8) is 0 Å². The standard InChI is InChI=1S/C19H15N3O7S2/c1-3-20-18(23)17(31-19(20)30)9-11-4-6-15(28-2)16(8-11)29-14-7-5-12(21(24)25)10-13(14)22(26)27/h4-10H,3H2,1-2H3/b17-9-. The Bertz CT molecular complexity index is 1130. The van der Waals surface area contributed by atoms with Gasteiger partial charge in [0, 0.05) is 12.6 Å². The summed E-state index contributed by atoms with van der Waals surface area (Å²) in [5.41, 5.74) is -0.417. The van der Waals surface area contributed by atoms with Gasteiger partial charge in [-0.3, -0.25) is 29.9 Å². The van der Waals surface area contributed by atoms with Crippen molar-refractivity contribution in [1.82, 2.24) is 4.90 Å². The van der Waals surface area contributed by atoms with Crippen molar-refractivity contribution in [2.45, 2.75) is 6.92 Å². The molecule has 0 bridgehead atoms. The topological polar surface area (TPSA) is 125 Å². The highest BCUT2D eigenvalue weighted by Gasteiger charge is 2.30. The van der Waals surface area contributed by atoms with Crippen LogP contribution < -0.4 is 9.47 Å². The molecule has 1 amide bonds. The van der Waals surface area contributed by atoms with Crippen LogP contribution in [0.3, 0.4) is 0 Å². The number of nitro groups is 2. The monoisotopic (exact) mass is 461 g/mol. The SMILES string of the molecule is CCN1C(=O)/C(=C/c2ccc(OC)c(Oc3ccc([N+](=O)[O-])cc3[N+](=O)[O-])c2)SC1=S. The molecule has 1 aliphatic heterocycles. The molecule has 0 unspecified atom stereocenters. The average molecular weight is 461 g/mol. The Morgan fingerprint density at radius 3 is 2.39 bits per heavy atom. The molecule has 1 saturated heterocycles. The van der Waals surface area contributed by atoms with E-state index in [0.717, 1.165) is 18.2 Å². The first-order chi connectivity index (χ1) is 14.7. The van der Waals surface area contributed by atoms with Crippen molar-refractivity contribution < 1.29 is 24.1 Å². The van der Waals surface area contributed by atoms with Gasteiger partial charge in [0.15, 0.2) is 11.5 Å². The molecule has 160 valence electrons. The van der Waals surface area contributed by atoms with Gasteiger partial charge in [-0.05, 0) is 36.8 Å². The Morgan fingerprint density at radius 2 is 1.81 bits per heavy atom. The van der Waals surface area contributed by atoms with E-state index in [-0.39, 0.29) is 23.2 Å². The summed E-state index contributed by atoms with van der Waals surface area (Å²) in [7, 11) is 1.40. The maximum absolute atomic E-state index is 12.4. The highest BCUT2D eigenvalue weighted by molar-refractivity contribution is 8.26. The van der Waals surface area contributed by atoms with Gasteiger partial charge in [0.05, 0.1) is 27.9 Å². The lowest BCUT2D eigenvalue weighted by Gasteiger charge is -2.11. The summed E-state index contributed by atoms with van der Waals surface area (Å²) >= 11 is 6.38. The third-order valence-corrected chi connectivity index (χ3v) is 5.62. The number of non-ortho nitro benzene ring substituents is 1. The Morgan fingerprint density at radius 1 is 1.10 bits per heavy atom. The normalized spacial score (nSPS) is 14.8. The zero-order valence-corrected chi connectivity index (χ0v) is 17.9. The van der Waals surface area contributed by atoms with Gasteiger partial charge < -0.3 is 9.47 Å². The highest BCUT2D eigenvalue weighted by atomic mass is 32.2. The van der Waals surface area contributed by atoms with Crippen molar-refractivity contribution >= 4 is 51.7 Å². The summed E-state index contributed by atoms with van der Waals surface area (Å²) in [5.74, 6) is 0.0234. The van der Waals surface area contributed by atoms with Crippen LogP contribution in [0.2, 0.25) is 0 Å². The molecule has 31 heavy (non-hydrogen) atoms. The Labute approximate surface area is 185 Å². The average Bonchev–Trinajstić information content (AvgIpc) is 3.00.